The number of carboxylic acid groups (broad SMARTS) is 2. The number of nitrogens with one attached hydrogen (secondary N) is 5. The highest BCUT2D eigenvalue weighted by Gasteiger charge is 2.27. The van der Waals surface area contributed by atoms with Gasteiger partial charge in [-0.25, -0.2) is 9.78 Å². The number of carboxylic acids is 2. The Kier molecular flexibility index (Phi) is 16.3. The summed E-state index contributed by atoms with van der Waals surface area (Å²) in [6, 6.07) is -2.35. The molecule has 2 rings (SSSR count). The number of aliphatic imine (C=N–C) groups is 2. The number of hydrogen-bond acceptors (Lipinski definition) is 11. The Hall–Kier alpha value is -5.00. The van der Waals surface area contributed by atoms with E-state index < -0.39 is 60.0 Å². The van der Waals surface area contributed by atoms with Crippen LogP contribution in [0.2, 0.25) is 0 Å². The van der Waals surface area contributed by atoms with Crippen LogP contribution in [0.15, 0.2) is 22.5 Å². The van der Waals surface area contributed by atoms with Gasteiger partial charge in [-0.2, -0.15) is 0 Å². The fourth-order valence-electron chi connectivity index (χ4n) is 4.20. The first-order valence-electron chi connectivity index (χ1n) is 14.8. The molecular formula is C28H41N9O9. The molecule has 0 spiro atoms. The number of H-pyrrole nitrogens is 1. The lowest BCUT2D eigenvalue weighted by atomic mass is 10.1. The minimum Gasteiger partial charge on any atom is -0.481 e. The monoisotopic (exact) mass is 647 g/mol. The molecule has 18 nitrogen and oxygen atoms in total. The molecule has 1 aliphatic heterocycles. The van der Waals surface area contributed by atoms with Crippen molar-refractivity contribution in [1.82, 2.24) is 31.2 Å². The predicted molar refractivity (Wildman–Crippen MR) is 163 cm³/mol. The van der Waals surface area contributed by atoms with E-state index in [-0.39, 0.29) is 58.2 Å². The molecule has 0 saturated heterocycles. The van der Waals surface area contributed by atoms with Crippen molar-refractivity contribution >= 4 is 52.8 Å². The van der Waals surface area contributed by atoms with Crippen molar-refractivity contribution in [3.05, 3.63) is 18.2 Å². The van der Waals surface area contributed by atoms with Crippen LogP contribution in [0.5, 0.6) is 0 Å². The predicted octanol–water partition coefficient (Wildman–Crippen LogP) is -2.13. The van der Waals surface area contributed by atoms with Crippen LogP contribution in [0.1, 0.15) is 57.1 Å². The van der Waals surface area contributed by atoms with Gasteiger partial charge < -0.3 is 42.2 Å². The summed E-state index contributed by atoms with van der Waals surface area (Å²) >= 11 is 0. The van der Waals surface area contributed by atoms with Crippen LogP contribution in [-0.2, 0) is 40.0 Å². The van der Waals surface area contributed by atoms with E-state index in [9.17, 15) is 38.7 Å². The second-order valence-corrected chi connectivity index (χ2v) is 10.5. The summed E-state index contributed by atoms with van der Waals surface area (Å²) in [6.07, 6.45) is 3.82. The summed E-state index contributed by atoms with van der Waals surface area (Å²) in [5.41, 5.74) is 7.09. The summed E-state index contributed by atoms with van der Waals surface area (Å²) in [4.78, 5) is 99.3. The van der Waals surface area contributed by atoms with E-state index in [1.807, 2.05) is 0 Å². The number of aromatic nitrogens is 2. The molecule has 46 heavy (non-hydrogen) atoms. The van der Waals surface area contributed by atoms with Crippen LogP contribution in [0.25, 0.3) is 0 Å². The van der Waals surface area contributed by atoms with E-state index in [0.717, 1.165) is 0 Å². The zero-order valence-corrected chi connectivity index (χ0v) is 25.4. The molecule has 1 aliphatic rings. The molecule has 9 N–H and O–H groups in total. The molecule has 0 aromatic carbocycles. The van der Waals surface area contributed by atoms with Gasteiger partial charge in [0.1, 0.15) is 12.1 Å². The maximum Gasteiger partial charge on any atom is 0.326 e. The maximum absolute atomic E-state index is 12.9. The quantitative estimate of drug-likeness (QED) is 0.0629. The Labute approximate surface area is 264 Å². The number of rotatable bonds is 22. The topological polar surface area (TPSA) is 287 Å². The molecule has 0 saturated carbocycles. The van der Waals surface area contributed by atoms with Crippen molar-refractivity contribution in [3.8, 4) is 0 Å². The molecule has 252 valence electrons. The highest BCUT2D eigenvalue weighted by atomic mass is 16.4. The molecule has 2 heterocycles. The van der Waals surface area contributed by atoms with Crippen molar-refractivity contribution in [2.45, 2.75) is 69.9 Å². The number of aliphatic carboxylic acids is 2. The molecule has 1 aromatic rings. The van der Waals surface area contributed by atoms with E-state index >= 15 is 0 Å². The van der Waals surface area contributed by atoms with E-state index in [0.29, 0.717) is 42.9 Å². The second kappa shape index (κ2) is 20.1. The fourth-order valence-corrected chi connectivity index (χ4v) is 4.20. The van der Waals surface area contributed by atoms with Crippen LogP contribution in [0, 0.1) is 0 Å². The van der Waals surface area contributed by atoms with E-state index in [4.69, 9.17) is 10.8 Å². The first-order chi connectivity index (χ1) is 22.0. The lowest BCUT2D eigenvalue weighted by molar-refractivity contribution is -0.142. The molecule has 1 aromatic heterocycles. The van der Waals surface area contributed by atoms with Gasteiger partial charge in [-0.15, -0.1) is 0 Å². The van der Waals surface area contributed by atoms with Gasteiger partial charge in [0.2, 0.25) is 23.6 Å². The molecule has 0 aliphatic carbocycles. The Balaban J connectivity index is 1.71. The van der Waals surface area contributed by atoms with Crippen LogP contribution in [-0.4, -0.2) is 118 Å². The average molecular weight is 648 g/mol. The van der Waals surface area contributed by atoms with Crippen molar-refractivity contribution in [3.63, 3.8) is 0 Å². The number of amides is 4. The van der Waals surface area contributed by atoms with E-state index in [2.05, 4.69) is 41.2 Å². The lowest BCUT2D eigenvalue weighted by Crippen LogP contribution is -2.54. The molecule has 0 fully saturated rings. The van der Waals surface area contributed by atoms with Crippen LogP contribution < -0.4 is 27.0 Å². The smallest absolute Gasteiger partial charge is 0.326 e. The number of imidazole rings is 1. The van der Waals surface area contributed by atoms with E-state index in [1.165, 1.54) is 12.5 Å². The third kappa shape index (κ3) is 15.1. The van der Waals surface area contributed by atoms with Gasteiger partial charge in [0, 0.05) is 49.0 Å². The molecule has 0 radical (unpaired) electrons. The molecular weight excluding hydrogens is 606 g/mol. The Morgan fingerprint density at radius 2 is 1.54 bits per heavy atom. The number of carbonyl (C=O) groups excluding carboxylic acids is 5. The minimum atomic E-state index is -1.22. The highest BCUT2D eigenvalue weighted by Crippen LogP contribution is 2.05. The zero-order valence-electron chi connectivity index (χ0n) is 25.4. The second-order valence-electron chi connectivity index (χ2n) is 10.5. The summed E-state index contributed by atoms with van der Waals surface area (Å²) in [7, 11) is 0. The zero-order chi connectivity index (χ0) is 33.9. The fraction of sp³-hybridized carbons (Fsp3) is 0.571. The average Bonchev–Trinajstić information content (AvgIpc) is 3.53. The van der Waals surface area contributed by atoms with Crippen LogP contribution in [0.4, 0.5) is 0 Å². The number of carbonyl (C=O) groups is 7. The number of unbranched alkanes of at least 4 members (excludes halogenated alkanes) is 1. The van der Waals surface area contributed by atoms with Gasteiger partial charge in [-0.3, -0.25) is 38.8 Å². The summed E-state index contributed by atoms with van der Waals surface area (Å²) in [6.45, 7) is -0.00425. The third-order valence-electron chi connectivity index (χ3n) is 6.72. The first-order valence-corrected chi connectivity index (χ1v) is 14.8. The summed E-state index contributed by atoms with van der Waals surface area (Å²) in [5, 5.41) is 28.0. The molecule has 2 atom stereocenters. The number of nitrogens with zero attached hydrogens (tertiary/aromatic N) is 3. The normalized spacial score (nSPS) is 13.8. The third-order valence-corrected chi connectivity index (χ3v) is 6.72. The lowest BCUT2D eigenvalue weighted by Gasteiger charge is -2.21. The molecule has 18 heteroatoms. The molecule has 0 bridgehead atoms. The SMILES string of the molecule is NCCCCC(NC(=O)C(Cc1cnc[nH]1)NC(=O)CNC(=O)CCC(=O)CNC(=O)CCC1=NCC(CC(=O)O)=NC1)C(=O)O. The number of nitrogens with two attached hydrogens (primary N) is 1. The summed E-state index contributed by atoms with van der Waals surface area (Å²) in [5.74, 6) is -5.05. The van der Waals surface area contributed by atoms with Gasteiger partial charge in [-0.05, 0) is 32.2 Å². The Bertz CT molecular complexity index is 1300. The van der Waals surface area contributed by atoms with Crippen molar-refractivity contribution in [2.75, 3.05) is 32.7 Å². The first kappa shape index (κ1) is 37.2. The van der Waals surface area contributed by atoms with Crippen molar-refractivity contribution in [2.24, 2.45) is 15.7 Å². The van der Waals surface area contributed by atoms with Gasteiger partial charge >= 0.3 is 11.9 Å². The van der Waals surface area contributed by atoms with E-state index in [1.54, 1.807) is 0 Å². The highest BCUT2D eigenvalue weighted by molar-refractivity contribution is 6.04. The van der Waals surface area contributed by atoms with Crippen LogP contribution >= 0.6 is 0 Å². The largest absolute Gasteiger partial charge is 0.481 e. The van der Waals surface area contributed by atoms with Crippen molar-refractivity contribution < 1.29 is 43.8 Å². The molecule has 4 amide bonds. The number of Topliss-reactive ketones (excluding diaryl/α,β-unsaturated/α-hetero) is 1. The number of ketones is 1. The Morgan fingerprint density at radius 3 is 2.17 bits per heavy atom. The maximum atomic E-state index is 12.9. The van der Waals surface area contributed by atoms with Crippen LogP contribution in [0.3, 0.4) is 0 Å². The van der Waals surface area contributed by atoms with Gasteiger partial charge in [0.05, 0.1) is 38.9 Å². The molecule has 2 unspecified atom stereocenters. The minimum absolute atomic E-state index is 0.0172. The Morgan fingerprint density at radius 1 is 0.848 bits per heavy atom. The van der Waals surface area contributed by atoms with Crippen molar-refractivity contribution in [1.29, 1.82) is 0 Å². The van der Waals surface area contributed by atoms with Gasteiger partial charge in [-0.1, -0.05) is 0 Å². The summed E-state index contributed by atoms with van der Waals surface area (Å²) < 4.78 is 0. The number of hydrogen-bond donors (Lipinski definition) is 8. The van der Waals surface area contributed by atoms with Gasteiger partial charge in [0.25, 0.3) is 0 Å². The van der Waals surface area contributed by atoms with Gasteiger partial charge in [0.15, 0.2) is 5.78 Å². The standard InChI is InChI=1S/C28H41N9O9/c29-8-2-1-3-21(28(45)46)37-27(44)22(9-18-11-30-16-35-18)36-25(41)15-34-24(40)7-5-20(38)14-33-23(39)6-4-17-12-32-19(13-31-17)10-26(42)43/h11,16,21-22H,1-10,12-15,29H2,(H,30,35)(H,33,39)(H,34,40)(H,36,41)(H,37,44)(H,42,43)(H,45,46). The number of aromatic amines is 1.